The highest BCUT2D eigenvalue weighted by Crippen LogP contribution is 2.17. The molecule has 0 aromatic heterocycles. The zero-order valence-corrected chi connectivity index (χ0v) is 9.60. The molecule has 13 heavy (non-hydrogen) atoms. The van der Waals surface area contributed by atoms with Gasteiger partial charge in [0.15, 0.2) is 0 Å². The van der Waals surface area contributed by atoms with Crippen LogP contribution in [0.15, 0.2) is 0 Å². The number of hydrogen-bond donors (Lipinski definition) is 1. The molecule has 0 fully saturated rings. The van der Waals surface area contributed by atoms with Crippen LogP contribution in [0.5, 0.6) is 0 Å². The second-order valence-corrected chi connectivity index (χ2v) is 5.69. The standard InChI is InChI=1S/C9H21NO2S/c1-4-5-6-7-8(2)9(3)13(10,11)12/h8-9H,4-7H2,1-3H3,(H2,10,11,12). The van der Waals surface area contributed by atoms with Gasteiger partial charge in [-0.2, -0.15) is 0 Å². The summed E-state index contributed by atoms with van der Waals surface area (Å²) in [6.45, 7) is 5.77. The Morgan fingerprint density at radius 2 is 1.77 bits per heavy atom. The van der Waals surface area contributed by atoms with Gasteiger partial charge in [-0.1, -0.05) is 33.1 Å². The van der Waals surface area contributed by atoms with E-state index in [4.69, 9.17) is 5.14 Å². The number of primary sulfonamides is 1. The maximum atomic E-state index is 11.0. The van der Waals surface area contributed by atoms with Crippen molar-refractivity contribution >= 4 is 10.0 Å². The Balaban J connectivity index is 3.90. The van der Waals surface area contributed by atoms with E-state index in [1.54, 1.807) is 6.92 Å². The summed E-state index contributed by atoms with van der Waals surface area (Å²) in [5.41, 5.74) is 0. The number of nitrogens with two attached hydrogens (primary N) is 1. The van der Waals surface area contributed by atoms with Crippen LogP contribution < -0.4 is 5.14 Å². The molecule has 0 rings (SSSR count). The highest BCUT2D eigenvalue weighted by atomic mass is 32.2. The number of sulfonamides is 1. The first kappa shape index (κ1) is 12.9. The summed E-state index contributed by atoms with van der Waals surface area (Å²) in [7, 11) is -3.34. The lowest BCUT2D eigenvalue weighted by molar-refractivity contribution is 0.469. The van der Waals surface area contributed by atoms with E-state index in [-0.39, 0.29) is 5.92 Å². The molecule has 0 aromatic rings. The topological polar surface area (TPSA) is 60.2 Å². The molecule has 2 N–H and O–H groups in total. The largest absolute Gasteiger partial charge is 0.228 e. The van der Waals surface area contributed by atoms with Gasteiger partial charge in [0.25, 0.3) is 0 Å². The van der Waals surface area contributed by atoms with Gasteiger partial charge in [-0.15, -0.1) is 0 Å². The lowest BCUT2D eigenvalue weighted by Crippen LogP contribution is -2.31. The summed E-state index contributed by atoms with van der Waals surface area (Å²) in [4.78, 5) is 0. The van der Waals surface area contributed by atoms with E-state index >= 15 is 0 Å². The zero-order valence-electron chi connectivity index (χ0n) is 8.79. The first-order chi connectivity index (χ1) is 5.89. The summed E-state index contributed by atoms with van der Waals surface area (Å²) < 4.78 is 22.0. The van der Waals surface area contributed by atoms with E-state index < -0.39 is 15.3 Å². The second-order valence-electron chi connectivity index (χ2n) is 3.77. The van der Waals surface area contributed by atoms with E-state index in [9.17, 15) is 8.42 Å². The van der Waals surface area contributed by atoms with Crippen LogP contribution in [0.3, 0.4) is 0 Å². The molecule has 2 atom stereocenters. The van der Waals surface area contributed by atoms with E-state index in [2.05, 4.69) is 6.92 Å². The minimum atomic E-state index is -3.34. The van der Waals surface area contributed by atoms with Gasteiger partial charge < -0.3 is 0 Å². The second kappa shape index (κ2) is 5.60. The Kier molecular flexibility index (Phi) is 5.56. The highest BCUT2D eigenvalue weighted by molar-refractivity contribution is 7.89. The fourth-order valence-corrected chi connectivity index (χ4v) is 2.06. The smallest absolute Gasteiger partial charge is 0.211 e. The summed E-state index contributed by atoms with van der Waals surface area (Å²) in [6.07, 6.45) is 4.38. The number of rotatable bonds is 6. The molecule has 0 aliphatic heterocycles. The van der Waals surface area contributed by atoms with E-state index in [1.807, 2.05) is 6.92 Å². The first-order valence-corrected chi connectivity index (χ1v) is 6.52. The monoisotopic (exact) mass is 207 g/mol. The Labute approximate surface area is 81.8 Å². The molecule has 0 radical (unpaired) electrons. The van der Waals surface area contributed by atoms with Crippen molar-refractivity contribution in [1.82, 2.24) is 0 Å². The minimum Gasteiger partial charge on any atom is -0.228 e. The van der Waals surface area contributed by atoms with Crippen LogP contribution in [0, 0.1) is 5.92 Å². The maximum absolute atomic E-state index is 11.0. The Hall–Kier alpha value is -0.0900. The lowest BCUT2D eigenvalue weighted by atomic mass is 10.0. The van der Waals surface area contributed by atoms with Gasteiger partial charge in [-0.25, -0.2) is 13.6 Å². The van der Waals surface area contributed by atoms with Gasteiger partial charge >= 0.3 is 0 Å². The lowest BCUT2D eigenvalue weighted by Gasteiger charge is -2.17. The molecule has 80 valence electrons. The van der Waals surface area contributed by atoms with Crippen LogP contribution in [-0.2, 0) is 10.0 Å². The van der Waals surface area contributed by atoms with Crippen molar-refractivity contribution in [3.05, 3.63) is 0 Å². The van der Waals surface area contributed by atoms with Gasteiger partial charge in [0.1, 0.15) is 0 Å². The molecule has 3 nitrogen and oxygen atoms in total. The molecule has 0 saturated carbocycles. The SMILES string of the molecule is CCCCCC(C)C(C)S(N)(=O)=O. The summed E-state index contributed by atoms with van der Waals surface area (Å²) >= 11 is 0. The predicted octanol–water partition coefficient (Wildman–Crippen LogP) is 1.88. The molecular weight excluding hydrogens is 186 g/mol. The molecule has 2 unspecified atom stereocenters. The maximum Gasteiger partial charge on any atom is 0.211 e. The molecule has 0 bridgehead atoms. The first-order valence-electron chi connectivity index (χ1n) is 4.91. The van der Waals surface area contributed by atoms with Crippen LogP contribution >= 0.6 is 0 Å². The van der Waals surface area contributed by atoms with Gasteiger partial charge in [0.05, 0.1) is 5.25 Å². The van der Waals surface area contributed by atoms with Gasteiger partial charge in [-0.3, -0.25) is 0 Å². The van der Waals surface area contributed by atoms with Crippen molar-refractivity contribution in [3.8, 4) is 0 Å². The van der Waals surface area contributed by atoms with Crippen LogP contribution in [-0.4, -0.2) is 13.7 Å². The van der Waals surface area contributed by atoms with E-state index in [1.165, 1.54) is 6.42 Å². The molecule has 0 heterocycles. The fourth-order valence-electron chi connectivity index (χ4n) is 1.27. The molecule has 0 saturated heterocycles. The van der Waals surface area contributed by atoms with E-state index in [0.29, 0.717) is 0 Å². The van der Waals surface area contributed by atoms with Crippen molar-refractivity contribution in [2.75, 3.05) is 0 Å². The Morgan fingerprint density at radius 3 is 2.15 bits per heavy atom. The summed E-state index contributed by atoms with van der Waals surface area (Å²) in [5, 5.41) is 4.64. The van der Waals surface area contributed by atoms with Gasteiger partial charge in [0.2, 0.25) is 10.0 Å². The van der Waals surface area contributed by atoms with Crippen LogP contribution in [0.4, 0.5) is 0 Å². The molecule has 0 aromatic carbocycles. The minimum absolute atomic E-state index is 0.168. The third-order valence-corrected chi connectivity index (χ3v) is 4.08. The van der Waals surface area contributed by atoms with Crippen LogP contribution in [0.1, 0.15) is 46.5 Å². The van der Waals surface area contributed by atoms with Gasteiger partial charge in [-0.05, 0) is 19.3 Å². The molecular formula is C9H21NO2S. The van der Waals surface area contributed by atoms with Crippen molar-refractivity contribution in [3.63, 3.8) is 0 Å². The quantitative estimate of drug-likeness (QED) is 0.676. The average Bonchev–Trinajstić information content (AvgIpc) is 2.01. The average molecular weight is 207 g/mol. The van der Waals surface area contributed by atoms with Crippen molar-refractivity contribution in [2.45, 2.75) is 51.7 Å². The Bertz CT molecular complexity index is 224. The predicted molar refractivity (Wildman–Crippen MR) is 55.9 cm³/mol. The number of unbranched alkanes of at least 4 members (excludes halogenated alkanes) is 2. The molecule has 4 heteroatoms. The van der Waals surface area contributed by atoms with E-state index in [0.717, 1.165) is 19.3 Å². The van der Waals surface area contributed by atoms with Crippen molar-refractivity contribution < 1.29 is 8.42 Å². The molecule has 0 aliphatic carbocycles. The van der Waals surface area contributed by atoms with Crippen LogP contribution in [0.25, 0.3) is 0 Å². The normalized spacial score (nSPS) is 16.9. The third kappa shape index (κ3) is 5.26. The van der Waals surface area contributed by atoms with Gasteiger partial charge in [0, 0.05) is 0 Å². The number of hydrogen-bond acceptors (Lipinski definition) is 2. The molecule has 0 amide bonds. The molecule has 0 spiro atoms. The zero-order chi connectivity index (χ0) is 10.5. The Morgan fingerprint density at radius 1 is 1.23 bits per heavy atom. The third-order valence-electron chi connectivity index (χ3n) is 2.58. The van der Waals surface area contributed by atoms with Crippen molar-refractivity contribution in [1.29, 1.82) is 0 Å². The fraction of sp³-hybridized carbons (Fsp3) is 1.00. The highest BCUT2D eigenvalue weighted by Gasteiger charge is 2.21. The summed E-state index contributed by atoms with van der Waals surface area (Å²) in [5.74, 6) is 0.168. The van der Waals surface area contributed by atoms with Crippen LogP contribution in [0.2, 0.25) is 0 Å². The van der Waals surface area contributed by atoms with Crippen molar-refractivity contribution in [2.24, 2.45) is 11.1 Å². The summed E-state index contributed by atoms with van der Waals surface area (Å²) in [6, 6.07) is 0. The molecule has 0 aliphatic rings.